The monoisotopic (exact) mass is 396 g/mol. The van der Waals surface area contributed by atoms with Crippen LogP contribution in [0.4, 0.5) is 0 Å². The van der Waals surface area contributed by atoms with E-state index in [4.69, 9.17) is 9.84 Å². The SMILES string of the molecule is CS(=O)(=O)N(CC(=O)O)C[C@H]1CN(C(=O)c2n[nH]c3ccccc23)CCO1. The minimum absolute atomic E-state index is 0.143. The number of rotatable bonds is 6. The number of para-hydroxylation sites is 1. The van der Waals surface area contributed by atoms with E-state index < -0.39 is 28.6 Å². The van der Waals surface area contributed by atoms with E-state index in [2.05, 4.69) is 10.2 Å². The minimum Gasteiger partial charge on any atom is -0.480 e. The molecule has 3 rings (SSSR count). The van der Waals surface area contributed by atoms with E-state index >= 15 is 0 Å². The molecule has 146 valence electrons. The average Bonchev–Trinajstić information content (AvgIpc) is 3.04. The largest absolute Gasteiger partial charge is 0.480 e. The fourth-order valence-corrected chi connectivity index (χ4v) is 3.77. The van der Waals surface area contributed by atoms with Gasteiger partial charge in [-0.15, -0.1) is 0 Å². The number of aromatic nitrogens is 2. The van der Waals surface area contributed by atoms with Crippen LogP contribution in [-0.2, 0) is 19.6 Å². The molecule has 0 radical (unpaired) electrons. The Bertz CT molecular complexity index is 957. The molecule has 1 aromatic carbocycles. The number of morpholine rings is 1. The van der Waals surface area contributed by atoms with Crippen LogP contribution >= 0.6 is 0 Å². The maximum Gasteiger partial charge on any atom is 0.318 e. The summed E-state index contributed by atoms with van der Waals surface area (Å²) in [6.45, 7) is -0.0870. The lowest BCUT2D eigenvalue weighted by atomic mass is 10.2. The van der Waals surface area contributed by atoms with Crippen LogP contribution in [0.5, 0.6) is 0 Å². The maximum atomic E-state index is 12.8. The number of aromatic amines is 1. The van der Waals surface area contributed by atoms with Gasteiger partial charge >= 0.3 is 5.97 Å². The summed E-state index contributed by atoms with van der Waals surface area (Å²) in [7, 11) is -3.72. The number of nitrogens with one attached hydrogen (secondary N) is 1. The molecule has 2 heterocycles. The summed E-state index contributed by atoms with van der Waals surface area (Å²) in [5, 5.41) is 16.5. The summed E-state index contributed by atoms with van der Waals surface area (Å²) >= 11 is 0. The van der Waals surface area contributed by atoms with Crippen molar-refractivity contribution in [3.8, 4) is 0 Å². The number of H-pyrrole nitrogens is 1. The number of hydrogen-bond donors (Lipinski definition) is 2. The molecule has 1 fully saturated rings. The zero-order valence-electron chi connectivity index (χ0n) is 14.7. The van der Waals surface area contributed by atoms with Crippen LogP contribution in [0.25, 0.3) is 10.9 Å². The second-order valence-electron chi connectivity index (χ2n) is 6.31. The van der Waals surface area contributed by atoms with Gasteiger partial charge in [-0.3, -0.25) is 14.7 Å². The van der Waals surface area contributed by atoms with Gasteiger partial charge in [0.15, 0.2) is 5.69 Å². The van der Waals surface area contributed by atoms with Gasteiger partial charge in [-0.05, 0) is 6.07 Å². The third-order valence-corrected chi connectivity index (χ3v) is 5.50. The highest BCUT2D eigenvalue weighted by atomic mass is 32.2. The van der Waals surface area contributed by atoms with Crippen LogP contribution in [0.1, 0.15) is 10.5 Å². The van der Waals surface area contributed by atoms with Crippen LogP contribution in [0.3, 0.4) is 0 Å². The number of aliphatic carboxylic acids is 1. The predicted octanol–water partition coefficient (Wildman–Crippen LogP) is -0.250. The molecule has 1 aliphatic heterocycles. The Morgan fingerprint density at radius 2 is 2.15 bits per heavy atom. The number of ether oxygens (including phenoxy) is 1. The molecule has 1 amide bonds. The molecule has 10 nitrogen and oxygen atoms in total. The molecule has 0 unspecified atom stereocenters. The quantitative estimate of drug-likeness (QED) is 0.688. The van der Waals surface area contributed by atoms with Crippen molar-refractivity contribution in [2.75, 3.05) is 39.0 Å². The van der Waals surface area contributed by atoms with Crippen molar-refractivity contribution in [3.05, 3.63) is 30.0 Å². The number of hydrogen-bond acceptors (Lipinski definition) is 6. The molecule has 0 saturated carbocycles. The summed E-state index contributed by atoms with van der Waals surface area (Å²) in [6.07, 6.45) is 0.319. The van der Waals surface area contributed by atoms with E-state index in [1.54, 1.807) is 6.07 Å². The Hall–Kier alpha value is -2.50. The molecule has 1 aliphatic rings. The fraction of sp³-hybridized carbons (Fsp3) is 0.438. The molecule has 1 aromatic heterocycles. The number of carboxylic acid groups (broad SMARTS) is 1. The average molecular weight is 396 g/mol. The van der Waals surface area contributed by atoms with Crippen LogP contribution in [0.2, 0.25) is 0 Å². The number of carbonyl (C=O) groups is 2. The Morgan fingerprint density at radius 1 is 1.41 bits per heavy atom. The molecule has 0 aliphatic carbocycles. The van der Waals surface area contributed by atoms with E-state index in [0.29, 0.717) is 11.9 Å². The predicted molar refractivity (Wildman–Crippen MR) is 95.8 cm³/mol. The first-order valence-corrected chi connectivity index (χ1v) is 10.1. The van der Waals surface area contributed by atoms with Crippen molar-refractivity contribution in [2.24, 2.45) is 0 Å². The molecule has 11 heteroatoms. The van der Waals surface area contributed by atoms with Crippen molar-refractivity contribution in [1.82, 2.24) is 19.4 Å². The van der Waals surface area contributed by atoms with Gasteiger partial charge in [-0.25, -0.2) is 8.42 Å². The minimum atomic E-state index is -3.72. The van der Waals surface area contributed by atoms with Gasteiger partial charge in [0, 0.05) is 25.0 Å². The van der Waals surface area contributed by atoms with Crippen molar-refractivity contribution in [2.45, 2.75) is 6.10 Å². The molecule has 1 atom stereocenters. The smallest absolute Gasteiger partial charge is 0.318 e. The second-order valence-corrected chi connectivity index (χ2v) is 8.29. The second kappa shape index (κ2) is 7.62. The van der Waals surface area contributed by atoms with Gasteiger partial charge in [-0.1, -0.05) is 18.2 Å². The lowest BCUT2D eigenvalue weighted by Gasteiger charge is -2.34. The Kier molecular flexibility index (Phi) is 5.44. The standard InChI is InChI=1S/C16H20N4O6S/c1-27(24,25)20(10-14(21)22)9-11-8-19(6-7-26-11)16(23)15-12-4-2-3-5-13(12)17-18-15/h2-5,11H,6-10H2,1H3,(H,17,18)(H,21,22)/t11-/m1/s1. The Balaban J connectivity index is 1.73. The topological polar surface area (TPSA) is 133 Å². The molecule has 1 saturated heterocycles. The van der Waals surface area contributed by atoms with E-state index in [9.17, 15) is 18.0 Å². The number of amides is 1. The van der Waals surface area contributed by atoms with Gasteiger partial charge in [0.05, 0.1) is 24.5 Å². The summed E-state index contributed by atoms with van der Waals surface area (Å²) in [5.41, 5.74) is 1.03. The number of benzene rings is 1. The van der Waals surface area contributed by atoms with Crippen LogP contribution in [0.15, 0.2) is 24.3 Å². The normalized spacial score (nSPS) is 18.1. The molecule has 0 spiro atoms. The first kappa shape index (κ1) is 19.3. The third kappa shape index (κ3) is 4.43. The van der Waals surface area contributed by atoms with E-state index in [1.165, 1.54) is 4.90 Å². The molecular weight excluding hydrogens is 376 g/mol. The molecule has 0 bridgehead atoms. The molecule has 2 aromatic rings. The van der Waals surface area contributed by atoms with E-state index in [-0.39, 0.29) is 31.3 Å². The van der Waals surface area contributed by atoms with E-state index in [0.717, 1.165) is 16.1 Å². The number of carboxylic acids is 1. The van der Waals surface area contributed by atoms with Crippen LogP contribution in [0, 0.1) is 0 Å². The van der Waals surface area contributed by atoms with Crippen molar-refractivity contribution in [3.63, 3.8) is 0 Å². The number of fused-ring (bicyclic) bond motifs is 1. The first-order chi connectivity index (χ1) is 12.8. The van der Waals surface area contributed by atoms with Gasteiger partial charge in [0.25, 0.3) is 5.91 Å². The highest BCUT2D eigenvalue weighted by Crippen LogP contribution is 2.18. The fourth-order valence-electron chi connectivity index (χ4n) is 2.99. The van der Waals surface area contributed by atoms with Crippen LogP contribution < -0.4 is 0 Å². The maximum absolute atomic E-state index is 12.8. The van der Waals surface area contributed by atoms with Crippen molar-refractivity contribution < 1.29 is 27.9 Å². The molecular formula is C16H20N4O6S. The number of sulfonamides is 1. The Labute approximate surface area is 155 Å². The number of nitrogens with zero attached hydrogens (tertiary/aromatic N) is 3. The van der Waals surface area contributed by atoms with Crippen molar-refractivity contribution >= 4 is 32.8 Å². The van der Waals surface area contributed by atoms with E-state index in [1.807, 2.05) is 18.2 Å². The highest BCUT2D eigenvalue weighted by Gasteiger charge is 2.31. The van der Waals surface area contributed by atoms with Gasteiger partial charge < -0.3 is 14.7 Å². The van der Waals surface area contributed by atoms with Gasteiger partial charge in [0.1, 0.15) is 6.54 Å². The zero-order valence-corrected chi connectivity index (χ0v) is 15.5. The summed E-state index contributed by atoms with van der Waals surface area (Å²) in [4.78, 5) is 25.3. The van der Waals surface area contributed by atoms with Crippen molar-refractivity contribution in [1.29, 1.82) is 0 Å². The lowest BCUT2D eigenvalue weighted by molar-refractivity contribution is -0.137. The third-order valence-electron chi connectivity index (χ3n) is 4.29. The van der Waals surface area contributed by atoms with Gasteiger partial charge in [-0.2, -0.15) is 9.40 Å². The summed E-state index contributed by atoms with van der Waals surface area (Å²) in [6, 6.07) is 7.26. The summed E-state index contributed by atoms with van der Waals surface area (Å²) in [5.74, 6) is -1.54. The lowest BCUT2D eigenvalue weighted by Crippen LogP contribution is -2.51. The number of carbonyl (C=O) groups excluding carboxylic acids is 1. The first-order valence-electron chi connectivity index (χ1n) is 8.26. The highest BCUT2D eigenvalue weighted by molar-refractivity contribution is 7.88. The summed E-state index contributed by atoms with van der Waals surface area (Å²) < 4.78 is 30.0. The molecule has 27 heavy (non-hydrogen) atoms. The van der Waals surface area contributed by atoms with Gasteiger partial charge in [0.2, 0.25) is 10.0 Å². The zero-order chi connectivity index (χ0) is 19.6. The molecule has 2 N–H and O–H groups in total. The Morgan fingerprint density at radius 3 is 2.85 bits per heavy atom. The van der Waals surface area contributed by atoms with Crippen LogP contribution in [-0.4, -0.2) is 89.9 Å².